The quantitative estimate of drug-likeness (QED) is 0.342. The van der Waals surface area contributed by atoms with Crippen LogP contribution in [0.25, 0.3) is 22.2 Å². The lowest BCUT2D eigenvalue weighted by Crippen LogP contribution is -2.29. The molecule has 0 atom stereocenters. The minimum absolute atomic E-state index is 0.0430. The molecule has 0 saturated heterocycles. The number of likely N-dealkylation sites (N-methyl/N-ethyl adjacent to an activating group) is 2. The van der Waals surface area contributed by atoms with Gasteiger partial charge in [0, 0.05) is 49.9 Å². The number of carbonyl (C=O) groups is 1. The molecule has 0 unspecified atom stereocenters. The summed E-state index contributed by atoms with van der Waals surface area (Å²) in [5.74, 6) is -1.09. The number of para-hydroxylation sites is 1. The minimum atomic E-state index is -0.627. The summed E-state index contributed by atoms with van der Waals surface area (Å²) in [6.45, 7) is 3.06. The maximum absolute atomic E-state index is 14.7. The molecule has 4 rings (SSSR count). The number of H-pyrrole nitrogens is 1. The van der Waals surface area contributed by atoms with E-state index in [2.05, 4.69) is 35.4 Å². The molecule has 2 aromatic heterocycles. The molecule has 0 aliphatic rings. The van der Waals surface area contributed by atoms with E-state index in [-0.39, 0.29) is 23.1 Å². The molecular weight excluding hydrogens is 452 g/mol. The van der Waals surface area contributed by atoms with Crippen molar-refractivity contribution in [2.75, 3.05) is 49.8 Å². The molecule has 0 bridgehead atoms. The molecule has 4 aromatic rings. The molecule has 3 N–H and O–H groups in total. The van der Waals surface area contributed by atoms with Gasteiger partial charge in [-0.2, -0.15) is 0 Å². The van der Waals surface area contributed by atoms with Crippen LogP contribution in [-0.2, 0) is 4.79 Å². The number of halogens is 2. The Hall–Kier alpha value is -4.05. The molecule has 1 amide bonds. The van der Waals surface area contributed by atoms with Crippen molar-refractivity contribution < 1.29 is 13.6 Å². The van der Waals surface area contributed by atoms with Crippen LogP contribution in [0.5, 0.6) is 0 Å². The van der Waals surface area contributed by atoms with Gasteiger partial charge in [0.25, 0.3) is 0 Å². The van der Waals surface area contributed by atoms with Gasteiger partial charge >= 0.3 is 0 Å². The van der Waals surface area contributed by atoms with Crippen LogP contribution < -0.4 is 15.5 Å². The van der Waals surface area contributed by atoms with Gasteiger partial charge in [0.15, 0.2) is 5.82 Å². The fourth-order valence-corrected chi connectivity index (χ4v) is 3.77. The van der Waals surface area contributed by atoms with Gasteiger partial charge in [0.1, 0.15) is 11.5 Å². The van der Waals surface area contributed by atoms with Crippen molar-refractivity contribution >= 4 is 39.8 Å². The predicted molar refractivity (Wildman–Crippen MR) is 135 cm³/mol. The Balaban J connectivity index is 1.65. The van der Waals surface area contributed by atoms with E-state index in [1.165, 1.54) is 19.2 Å². The highest BCUT2D eigenvalue weighted by molar-refractivity contribution is 5.95. The van der Waals surface area contributed by atoms with E-state index in [9.17, 15) is 13.6 Å². The summed E-state index contributed by atoms with van der Waals surface area (Å²) < 4.78 is 28.7. The van der Waals surface area contributed by atoms with E-state index in [4.69, 9.17) is 0 Å². The zero-order valence-corrected chi connectivity index (χ0v) is 20.0. The van der Waals surface area contributed by atoms with Gasteiger partial charge in [-0.1, -0.05) is 12.1 Å². The van der Waals surface area contributed by atoms with E-state index in [1.54, 1.807) is 18.2 Å². The van der Waals surface area contributed by atoms with Crippen molar-refractivity contribution in [1.82, 2.24) is 19.9 Å². The van der Waals surface area contributed by atoms with Gasteiger partial charge in [-0.15, -0.1) is 0 Å². The molecule has 0 radical (unpaired) electrons. The molecule has 2 aromatic carbocycles. The Bertz CT molecular complexity index is 1370. The van der Waals surface area contributed by atoms with Crippen molar-refractivity contribution in [3.8, 4) is 11.3 Å². The van der Waals surface area contributed by atoms with Crippen LogP contribution in [0.15, 0.2) is 48.8 Å². The number of anilines is 4. The average Bonchev–Trinajstić information content (AvgIpc) is 3.24. The first-order valence-electron chi connectivity index (χ1n) is 11.1. The van der Waals surface area contributed by atoms with Crippen LogP contribution in [0.2, 0.25) is 0 Å². The molecular formula is C25H27F2N7O. The molecule has 2 heterocycles. The van der Waals surface area contributed by atoms with Crippen molar-refractivity contribution in [1.29, 1.82) is 0 Å². The molecule has 182 valence electrons. The van der Waals surface area contributed by atoms with Crippen LogP contribution in [-0.4, -0.2) is 60.0 Å². The van der Waals surface area contributed by atoms with Crippen molar-refractivity contribution in [2.45, 2.75) is 6.92 Å². The minimum Gasteiger partial charge on any atom is -0.372 e. The summed E-state index contributed by atoms with van der Waals surface area (Å²) in [4.78, 5) is 27.2. The zero-order valence-electron chi connectivity index (χ0n) is 20.0. The van der Waals surface area contributed by atoms with E-state index in [0.29, 0.717) is 22.3 Å². The third-order valence-electron chi connectivity index (χ3n) is 5.52. The average molecular weight is 480 g/mol. The van der Waals surface area contributed by atoms with E-state index >= 15 is 0 Å². The van der Waals surface area contributed by atoms with Crippen molar-refractivity contribution in [2.24, 2.45) is 0 Å². The lowest BCUT2D eigenvalue weighted by atomic mass is 10.1. The Kier molecular flexibility index (Phi) is 6.92. The monoisotopic (exact) mass is 479 g/mol. The van der Waals surface area contributed by atoms with Crippen LogP contribution in [0.4, 0.5) is 31.8 Å². The second kappa shape index (κ2) is 10.1. The maximum Gasteiger partial charge on any atom is 0.227 e. The van der Waals surface area contributed by atoms with E-state index in [1.807, 2.05) is 33.3 Å². The third kappa shape index (κ3) is 5.38. The lowest BCUT2D eigenvalue weighted by Gasteiger charge is -2.24. The number of carbonyl (C=O) groups excluding carboxylic acids is 1. The highest BCUT2D eigenvalue weighted by atomic mass is 19.1. The number of rotatable bonds is 8. The first-order chi connectivity index (χ1) is 16.7. The van der Waals surface area contributed by atoms with Crippen molar-refractivity contribution in [3.63, 3.8) is 0 Å². The summed E-state index contributed by atoms with van der Waals surface area (Å²) in [7, 11) is 5.95. The van der Waals surface area contributed by atoms with Gasteiger partial charge in [0.05, 0.1) is 23.1 Å². The number of nitrogens with zero attached hydrogens (tertiary/aromatic N) is 4. The number of aromatic amines is 1. The molecule has 8 nitrogen and oxygen atoms in total. The number of amides is 1. The Morgan fingerprint density at radius 1 is 1.09 bits per heavy atom. The summed E-state index contributed by atoms with van der Waals surface area (Å²) in [5.41, 5.74) is 2.85. The fourth-order valence-electron chi connectivity index (χ4n) is 3.77. The summed E-state index contributed by atoms with van der Waals surface area (Å²) in [6, 6.07) is 10.1. The van der Waals surface area contributed by atoms with Crippen LogP contribution >= 0.6 is 0 Å². The second-order valence-corrected chi connectivity index (χ2v) is 8.52. The first kappa shape index (κ1) is 24.1. The Morgan fingerprint density at radius 2 is 1.89 bits per heavy atom. The van der Waals surface area contributed by atoms with E-state index < -0.39 is 11.6 Å². The largest absolute Gasteiger partial charge is 0.372 e. The van der Waals surface area contributed by atoms with Crippen LogP contribution in [0, 0.1) is 11.6 Å². The SMILES string of the molecule is CC(=O)Nc1cc(Nc2ncc(F)c(-c3c[nH]c4c(F)cccc34)n2)ccc1N(C)CCN(C)C. The van der Waals surface area contributed by atoms with E-state index in [0.717, 1.165) is 25.0 Å². The van der Waals surface area contributed by atoms with Crippen molar-refractivity contribution in [3.05, 3.63) is 60.4 Å². The maximum atomic E-state index is 14.7. The zero-order chi connectivity index (χ0) is 25.1. The number of nitrogens with one attached hydrogen (secondary N) is 3. The van der Waals surface area contributed by atoms with Gasteiger partial charge < -0.3 is 25.4 Å². The van der Waals surface area contributed by atoms with Crippen LogP contribution in [0.1, 0.15) is 6.92 Å². The predicted octanol–water partition coefficient (Wildman–Crippen LogP) is 4.60. The number of hydrogen-bond donors (Lipinski definition) is 3. The van der Waals surface area contributed by atoms with Crippen LogP contribution in [0.3, 0.4) is 0 Å². The fraction of sp³-hybridized carbons (Fsp3) is 0.240. The molecule has 0 fully saturated rings. The molecule has 0 aliphatic carbocycles. The molecule has 0 saturated carbocycles. The molecule has 35 heavy (non-hydrogen) atoms. The van der Waals surface area contributed by atoms with Gasteiger partial charge in [0.2, 0.25) is 11.9 Å². The molecule has 0 aliphatic heterocycles. The summed E-state index contributed by atoms with van der Waals surface area (Å²) in [6.07, 6.45) is 2.59. The van der Waals surface area contributed by atoms with Gasteiger partial charge in [-0.05, 0) is 38.4 Å². The van der Waals surface area contributed by atoms with Gasteiger partial charge in [-0.3, -0.25) is 4.79 Å². The summed E-state index contributed by atoms with van der Waals surface area (Å²) in [5, 5.41) is 6.45. The smallest absolute Gasteiger partial charge is 0.227 e. The number of aromatic nitrogens is 3. The molecule has 10 heteroatoms. The van der Waals surface area contributed by atoms with Gasteiger partial charge in [-0.25, -0.2) is 18.7 Å². The standard InChI is InChI=1S/C25H27F2N7O/c1-15(35)30-21-12-16(8-9-22(21)34(4)11-10-33(2)3)31-25-29-14-20(27)24(32-25)18-13-28-23-17(18)6-5-7-19(23)26/h5-9,12-14,28H,10-11H2,1-4H3,(H,30,35)(H,29,31,32). The highest BCUT2D eigenvalue weighted by Gasteiger charge is 2.16. The summed E-state index contributed by atoms with van der Waals surface area (Å²) >= 11 is 0. The molecule has 0 spiro atoms. The normalized spacial score (nSPS) is 11.2. The number of fused-ring (bicyclic) bond motifs is 1. The Labute approximate surface area is 202 Å². The highest BCUT2D eigenvalue weighted by Crippen LogP contribution is 2.32. The number of benzene rings is 2. The second-order valence-electron chi connectivity index (χ2n) is 8.52. The Morgan fingerprint density at radius 3 is 2.63 bits per heavy atom. The number of hydrogen-bond acceptors (Lipinski definition) is 6. The topological polar surface area (TPSA) is 89.2 Å². The first-order valence-corrected chi connectivity index (χ1v) is 11.1. The lowest BCUT2D eigenvalue weighted by molar-refractivity contribution is -0.114. The third-order valence-corrected chi connectivity index (χ3v) is 5.52.